The Morgan fingerprint density at radius 3 is 1.71 bits per heavy atom. The molecule has 0 bridgehead atoms. The predicted octanol–water partition coefficient (Wildman–Crippen LogP) is -0.327. The molecule has 0 radical (unpaired) electrons. The fourth-order valence-corrected chi connectivity index (χ4v) is 0. The maximum absolute atomic E-state index is 10.6. The van der Waals surface area contributed by atoms with Crippen LogP contribution in [0.25, 0.3) is 0 Å². The number of rotatable bonds is 1. The van der Waals surface area contributed by atoms with E-state index >= 15 is 0 Å². The van der Waals surface area contributed by atoms with Gasteiger partial charge < -0.3 is 0 Å². The first-order valence-corrected chi connectivity index (χ1v) is 4.61. The van der Waals surface area contributed by atoms with Crippen LogP contribution in [0.3, 0.4) is 0 Å². The Hall–Kier alpha value is 0.0700. The minimum atomic E-state index is -3.37. The van der Waals surface area contributed by atoms with Gasteiger partial charge >= 0.3 is 0 Å². The first-order chi connectivity index (χ1) is 2.81. The highest BCUT2D eigenvalue weighted by molar-refractivity contribution is 8.12. The molecular weight excluding hydrogens is 114 g/mol. The Morgan fingerprint density at radius 1 is 1.57 bits per heavy atom. The molecule has 3 nitrogen and oxygen atoms in total. The lowest BCUT2D eigenvalue weighted by atomic mass is 11.6. The Kier molecular flexibility index (Phi) is 1.29. The van der Waals surface area contributed by atoms with E-state index in [1.807, 2.05) is 0 Å². The van der Waals surface area contributed by atoms with Crippen LogP contribution in [0.1, 0.15) is 0 Å². The number of hydrogen-bond acceptors (Lipinski definition) is 1. The Balaban J connectivity index is 4.14. The van der Waals surface area contributed by atoms with Crippen molar-refractivity contribution in [3.63, 3.8) is 0 Å². The average Bonchev–Trinajstić information content (AvgIpc) is 1.32. The van der Waals surface area contributed by atoms with E-state index in [0.717, 1.165) is 0 Å². The Bertz CT molecular complexity index is 114. The largest absolute Gasteiger partial charge is 0.291 e. The summed E-state index contributed by atoms with van der Waals surface area (Å²) >= 11 is 0. The van der Waals surface area contributed by atoms with E-state index in [0.29, 0.717) is 0 Å². The molecule has 0 aliphatic rings. The zero-order valence-electron chi connectivity index (χ0n) is 4.76. The molecule has 0 unspecified atom stereocenters. The van der Waals surface area contributed by atoms with Crippen molar-refractivity contribution in [2.45, 2.75) is 0 Å². The SMILES string of the molecule is CNS(C)(C)(=O)O. The van der Waals surface area contributed by atoms with Gasteiger partial charge in [-0.05, 0) is 0 Å². The molecule has 0 aliphatic carbocycles. The van der Waals surface area contributed by atoms with Crippen LogP contribution in [0.5, 0.6) is 0 Å². The van der Waals surface area contributed by atoms with Crippen LogP contribution >= 0.6 is 0 Å². The van der Waals surface area contributed by atoms with Gasteiger partial charge in [0.15, 0.2) is 0 Å². The second-order valence-corrected chi connectivity index (χ2v) is 5.90. The normalized spacial score (nSPS) is 18.0. The van der Waals surface area contributed by atoms with Crippen LogP contribution in [-0.4, -0.2) is 28.3 Å². The van der Waals surface area contributed by atoms with Crippen molar-refractivity contribution in [2.24, 2.45) is 0 Å². The second kappa shape index (κ2) is 1.27. The molecule has 0 atom stereocenters. The summed E-state index contributed by atoms with van der Waals surface area (Å²) in [5, 5.41) is 0. The summed E-state index contributed by atoms with van der Waals surface area (Å²) in [5.41, 5.74) is 0. The predicted molar refractivity (Wildman–Crippen MR) is 31.7 cm³/mol. The van der Waals surface area contributed by atoms with Crippen LogP contribution in [-0.2, 0) is 9.53 Å². The molecular formula is C3H11NO2S. The second-order valence-electron chi connectivity index (χ2n) is 1.97. The highest BCUT2D eigenvalue weighted by atomic mass is 32.3. The summed E-state index contributed by atoms with van der Waals surface area (Å²) in [6, 6.07) is 0. The fourth-order valence-electron chi connectivity index (χ4n) is 0. The zero-order chi connectivity index (χ0) is 6.15. The van der Waals surface area contributed by atoms with Crippen molar-refractivity contribution in [1.29, 1.82) is 0 Å². The first kappa shape index (κ1) is 7.07. The van der Waals surface area contributed by atoms with E-state index in [-0.39, 0.29) is 0 Å². The molecule has 0 aromatic rings. The molecule has 0 rings (SSSR count). The lowest BCUT2D eigenvalue weighted by molar-refractivity contribution is 0.516. The van der Waals surface area contributed by atoms with E-state index < -0.39 is 9.53 Å². The molecule has 0 aliphatic heterocycles. The van der Waals surface area contributed by atoms with E-state index in [2.05, 4.69) is 4.72 Å². The highest BCUT2D eigenvalue weighted by Gasteiger charge is 2.06. The van der Waals surface area contributed by atoms with Gasteiger partial charge in [0.05, 0.1) is 0 Å². The van der Waals surface area contributed by atoms with E-state index in [9.17, 15) is 4.21 Å². The van der Waals surface area contributed by atoms with Crippen LogP contribution in [0.15, 0.2) is 0 Å². The number of hydrogen-bond donors (Lipinski definition) is 2. The summed E-state index contributed by atoms with van der Waals surface area (Å²) in [6.07, 6.45) is 2.52. The molecule has 0 spiro atoms. The highest BCUT2D eigenvalue weighted by Crippen LogP contribution is 2.00. The molecule has 0 aromatic carbocycles. The standard InChI is InChI=1S/C3H11NO2S/c1-4-7(2,3,5)6/h1-3H3,(H2,4,5,6). The van der Waals surface area contributed by atoms with Gasteiger partial charge in [0.1, 0.15) is 0 Å². The van der Waals surface area contributed by atoms with Crippen molar-refractivity contribution in [2.75, 3.05) is 19.6 Å². The van der Waals surface area contributed by atoms with E-state index in [1.165, 1.54) is 19.6 Å². The summed E-state index contributed by atoms with van der Waals surface area (Å²) in [5.74, 6) is 0. The summed E-state index contributed by atoms with van der Waals surface area (Å²) in [7, 11) is -1.91. The van der Waals surface area contributed by atoms with E-state index in [4.69, 9.17) is 4.55 Å². The van der Waals surface area contributed by atoms with Crippen LogP contribution in [0.2, 0.25) is 0 Å². The third kappa shape index (κ3) is 6.07. The van der Waals surface area contributed by atoms with Gasteiger partial charge in [-0.2, -0.15) is 4.21 Å². The fraction of sp³-hybridized carbons (Fsp3) is 1.00. The Morgan fingerprint density at radius 2 is 1.71 bits per heavy atom. The lowest BCUT2D eigenvalue weighted by Crippen LogP contribution is -2.41. The first-order valence-electron chi connectivity index (χ1n) is 1.87. The van der Waals surface area contributed by atoms with Gasteiger partial charge in [0.25, 0.3) is 0 Å². The van der Waals surface area contributed by atoms with Crippen LogP contribution in [0, 0.1) is 0 Å². The molecule has 0 saturated carbocycles. The summed E-state index contributed by atoms with van der Waals surface area (Å²) in [4.78, 5) is 0. The van der Waals surface area contributed by atoms with Gasteiger partial charge in [0, 0.05) is 19.6 Å². The molecule has 0 fully saturated rings. The maximum atomic E-state index is 10.6. The molecule has 7 heavy (non-hydrogen) atoms. The number of nitrogens with one attached hydrogen (secondary N) is 1. The van der Waals surface area contributed by atoms with Gasteiger partial charge in [0.2, 0.25) is 0 Å². The molecule has 0 saturated heterocycles. The lowest BCUT2D eigenvalue weighted by Gasteiger charge is -2.32. The van der Waals surface area contributed by atoms with Crippen LogP contribution < -0.4 is 4.72 Å². The van der Waals surface area contributed by atoms with Crippen molar-refractivity contribution in [3.8, 4) is 0 Å². The van der Waals surface area contributed by atoms with Gasteiger partial charge in [-0.1, -0.05) is 0 Å². The quantitative estimate of drug-likeness (QED) is 0.504. The summed E-state index contributed by atoms with van der Waals surface area (Å²) in [6.45, 7) is 0. The van der Waals surface area contributed by atoms with Gasteiger partial charge in [-0.15, -0.1) is 9.53 Å². The Labute approximate surface area is 43.5 Å². The topological polar surface area (TPSA) is 49.3 Å². The van der Waals surface area contributed by atoms with Crippen LogP contribution in [0.4, 0.5) is 0 Å². The molecule has 46 valence electrons. The van der Waals surface area contributed by atoms with Crippen molar-refractivity contribution >= 4 is 9.53 Å². The maximum Gasteiger partial charge on any atom is 0.0362 e. The molecule has 4 heteroatoms. The molecule has 0 amide bonds. The minimum Gasteiger partial charge on any atom is -0.291 e. The van der Waals surface area contributed by atoms with Crippen molar-refractivity contribution < 1.29 is 8.76 Å². The zero-order valence-corrected chi connectivity index (χ0v) is 5.58. The van der Waals surface area contributed by atoms with E-state index in [1.54, 1.807) is 0 Å². The third-order valence-electron chi connectivity index (χ3n) is 0.583. The molecule has 0 heterocycles. The van der Waals surface area contributed by atoms with Crippen molar-refractivity contribution in [3.05, 3.63) is 0 Å². The van der Waals surface area contributed by atoms with Crippen molar-refractivity contribution in [1.82, 2.24) is 4.72 Å². The molecule has 2 N–H and O–H groups in total. The smallest absolute Gasteiger partial charge is 0.0362 e. The van der Waals surface area contributed by atoms with Gasteiger partial charge in [-0.3, -0.25) is 4.55 Å². The summed E-state index contributed by atoms with van der Waals surface area (Å²) < 4.78 is 21.6. The monoisotopic (exact) mass is 125 g/mol. The van der Waals surface area contributed by atoms with Gasteiger partial charge in [-0.25, -0.2) is 4.72 Å². The average molecular weight is 125 g/mol. The minimum absolute atomic E-state index is 1.26. The molecule has 0 aromatic heterocycles. The third-order valence-corrected chi connectivity index (χ3v) is 1.75.